The van der Waals surface area contributed by atoms with Gasteiger partial charge < -0.3 is 14.2 Å². The fourth-order valence-corrected chi connectivity index (χ4v) is 4.16. The number of ether oxygens (including phenoxy) is 3. The van der Waals surface area contributed by atoms with Gasteiger partial charge in [-0.2, -0.15) is 4.98 Å². The standard InChI is InChI=1S/C25H24N4O5S/c1-5-13-35-25-26-23-22(27-28-25)18-9-7-8-10-19(18)29(15(3)30)24(34-23)17-11-12-20(33-16(4)31)21(14-17)32-6-2/h5,7-12,14,24H,1,6,13H2,2-4H3/t24-/m1/s1. The highest BCUT2D eigenvalue weighted by Gasteiger charge is 2.35. The molecule has 9 nitrogen and oxygen atoms in total. The van der Waals surface area contributed by atoms with Crippen LogP contribution in [0.3, 0.4) is 0 Å². The van der Waals surface area contributed by atoms with Gasteiger partial charge in [0.2, 0.25) is 23.2 Å². The van der Waals surface area contributed by atoms with Crippen LogP contribution >= 0.6 is 11.8 Å². The van der Waals surface area contributed by atoms with Crippen LogP contribution in [0, 0.1) is 0 Å². The number of aromatic nitrogens is 3. The largest absolute Gasteiger partial charge is 0.490 e. The van der Waals surface area contributed by atoms with Crippen molar-refractivity contribution in [3.63, 3.8) is 0 Å². The number of hydrogen-bond donors (Lipinski definition) is 0. The maximum atomic E-state index is 13.0. The Hall–Kier alpha value is -3.92. The summed E-state index contributed by atoms with van der Waals surface area (Å²) in [5.74, 6) is 0.772. The zero-order chi connectivity index (χ0) is 24.9. The number of rotatable bonds is 7. The third-order valence-electron chi connectivity index (χ3n) is 4.99. The van der Waals surface area contributed by atoms with Crippen LogP contribution < -0.4 is 19.1 Å². The monoisotopic (exact) mass is 492 g/mol. The second-order valence-corrected chi connectivity index (χ2v) is 8.44. The minimum Gasteiger partial charge on any atom is -0.490 e. The average molecular weight is 493 g/mol. The molecule has 0 saturated carbocycles. The van der Waals surface area contributed by atoms with Crippen molar-refractivity contribution in [2.24, 2.45) is 0 Å². The van der Waals surface area contributed by atoms with Gasteiger partial charge in [0.25, 0.3) is 0 Å². The number of fused-ring (bicyclic) bond motifs is 3. The van der Waals surface area contributed by atoms with E-state index < -0.39 is 12.2 Å². The lowest BCUT2D eigenvalue weighted by Crippen LogP contribution is -2.36. The first-order valence-electron chi connectivity index (χ1n) is 10.9. The van der Waals surface area contributed by atoms with Gasteiger partial charge in [0.1, 0.15) is 0 Å². The molecule has 0 saturated heterocycles. The van der Waals surface area contributed by atoms with E-state index in [-0.39, 0.29) is 17.5 Å². The van der Waals surface area contributed by atoms with E-state index in [9.17, 15) is 9.59 Å². The first kappa shape index (κ1) is 24.2. The van der Waals surface area contributed by atoms with Gasteiger partial charge in [-0.15, -0.1) is 16.8 Å². The van der Waals surface area contributed by atoms with Crippen LogP contribution in [0.5, 0.6) is 17.4 Å². The molecule has 1 aromatic heterocycles. The molecule has 0 radical (unpaired) electrons. The van der Waals surface area contributed by atoms with Crippen molar-refractivity contribution in [3.05, 3.63) is 60.7 Å². The summed E-state index contributed by atoms with van der Waals surface area (Å²) in [6.07, 6.45) is 0.852. The van der Waals surface area contributed by atoms with Crippen molar-refractivity contribution in [1.29, 1.82) is 0 Å². The second-order valence-electron chi connectivity index (χ2n) is 7.46. The van der Waals surface area contributed by atoms with Crippen LogP contribution in [0.2, 0.25) is 0 Å². The highest BCUT2D eigenvalue weighted by atomic mass is 32.2. The van der Waals surface area contributed by atoms with Crippen LogP contribution in [-0.4, -0.2) is 39.4 Å². The Bertz CT molecular complexity index is 1280. The lowest BCUT2D eigenvalue weighted by Gasteiger charge is -2.30. The number of para-hydroxylation sites is 1. The lowest BCUT2D eigenvalue weighted by molar-refractivity contribution is -0.132. The Morgan fingerprint density at radius 3 is 2.69 bits per heavy atom. The molecule has 0 unspecified atom stereocenters. The Balaban J connectivity index is 1.88. The molecule has 0 bridgehead atoms. The average Bonchev–Trinajstić information content (AvgIpc) is 2.98. The van der Waals surface area contributed by atoms with Crippen molar-refractivity contribution < 1.29 is 23.8 Å². The number of hydrogen-bond acceptors (Lipinski definition) is 9. The van der Waals surface area contributed by atoms with Crippen molar-refractivity contribution in [3.8, 4) is 28.6 Å². The van der Waals surface area contributed by atoms with E-state index in [4.69, 9.17) is 14.2 Å². The van der Waals surface area contributed by atoms with Gasteiger partial charge in [0.05, 0.1) is 12.3 Å². The molecule has 4 rings (SSSR count). The Labute approximate surface area is 207 Å². The van der Waals surface area contributed by atoms with Crippen molar-refractivity contribution in [2.45, 2.75) is 32.2 Å². The molecule has 2 aromatic carbocycles. The first-order valence-corrected chi connectivity index (χ1v) is 11.9. The van der Waals surface area contributed by atoms with E-state index in [1.807, 2.05) is 31.2 Å². The number of amides is 1. The molecule has 1 aliphatic heterocycles. The molecular weight excluding hydrogens is 468 g/mol. The van der Waals surface area contributed by atoms with Gasteiger partial charge in [0.15, 0.2) is 17.2 Å². The number of carbonyl (C=O) groups excluding carboxylic acids is 2. The molecule has 1 atom stereocenters. The highest BCUT2D eigenvalue weighted by molar-refractivity contribution is 7.99. The van der Waals surface area contributed by atoms with Crippen LogP contribution in [0.25, 0.3) is 11.3 Å². The number of benzene rings is 2. The van der Waals surface area contributed by atoms with E-state index in [2.05, 4.69) is 21.8 Å². The van der Waals surface area contributed by atoms with E-state index >= 15 is 0 Å². The minimum atomic E-state index is -0.894. The Morgan fingerprint density at radius 1 is 1.17 bits per heavy atom. The molecule has 180 valence electrons. The van der Waals surface area contributed by atoms with Gasteiger partial charge in [-0.25, -0.2) is 0 Å². The van der Waals surface area contributed by atoms with Gasteiger partial charge in [-0.05, 0) is 31.2 Å². The summed E-state index contributed by atoms with van der Waals surface area (Å²) in [6, 6.07) is 12.4. The lowest BCUT2D eigenvalue weighted by atomic mass is 10.1. The molecule has 3 aromatic rings. The number of carbonyl (C=O) groups is 2. The molecule has 1 amide bonds. The normalized spacial score (nSPS) is 14.1. The van der Waals surface area contributed by atoms with Crippen LogP contribution in [0.4, 0.5) is 5.69 Å². The van der Waals surface area contributed by atoms with Crippen molar-refractivity contribution in [1.82, 2.24) is 15.2 Å². The summed E-state index contributed by atoms with van der Waals surface area (Å²) >= 11 is 1.37. The van der Waals surface area contributed by atoms with Crippen LogP contribution in [0.1, 0.15) is 32.6 Å². The molecule has 0 N–H and O–H groups in total. The maximum absolute atomic E-state index is 13.0. The summed E-state index contributed by atoms with van der Waals surface area (Å²) in [5.41, 5.74) is 2.30. The van der Waals surface area contributed by atoms with Gasteiger partial charge in [-0.1, -0.05) is 36.0 Å². The predicted octanol–water partition coefficient (Wildman–Crippen LogP) is 4.58. The molecule has 1 aliphatic rings. The molecule has 0 aliphatic carbocycles. The maximum Gasteiger partial charge on any atom is 0.308 e. The highest BCUT2D eigenvalue weighted by Crippen LogP contribution is 2.44. The minimum absolute atomic E-state index is 0.244. The second kappa shape index (κ2) is 10.6. The fraction of sp³-hybridized carbons (Fsp3) is 0.240. The third-order valence-corrected chi connectivity index (χ3v) is 5.82. The molecule has 35 heavy (non-hydrogen) atoms. The van der Waals surface area contributed by atoms with Crippen LogP contribution in [-0.2, 0) is 9.59 Å². The smallest absolute Gasteiger partial charge is 0.308 e. The number of thioether (sulfide) groups is 1. The van der Waals surface area contributed by atoms with E-state index in [1.165, 1.54) is 30.5 Å². The van der Waals surface area contributed by atoms with Crippen molar-refractivity contribution in [2.75, 3.05) is 17.3 Å². The first-order chi connectivity index (χ1) is 16.9. The molecule has 10 heteroatoms. The third kappa shape index (κ3) is 5.12. The van der Waals surface area contributed by atoms with Gasteiger partial charge in [0, 0.05) is 30.7 Å². The van der Waals surface area contributed by atoms with Crippen molar-refractivity contribution >= 4 is 29.3 Å². The topological polar surface area (TPSA) is 104 Å². The zero-order valence-electron chi connectivity index (χ0n) is 19.6. The molecule has 2 heterocycles. The molecule has 0 fully saturated rings. The quantitative estimate of drug-likeness (QED) is 0.203. The number of anilines is 1. The van der Waals surface area contributed by atoms with E-state index in [1.54, 1.807) is 24.3 Å². The Morgan fingerprint density at radius 2 is 1.97 bits per heavy atom. The summed E-state index contributed by atoms with van der Waals surface area (Å²) in [6.45, 7) is 8.68. The van der Waals surface area contributed by atoms with E-state index in [0.717, 1.165) is 0 Å². The summed E-state index contributed by atoms with van der Waals surface area (Å²) in [4.78, 5) is 30.6. The predicted molar refractivity (Wildman–Crippen MR) is 132 cm³/mol. The molecule has 0 spiro atoms. The fourth-order valence-electron chi connectivity index (χ4n) is 3.65. The number of nitrogens with zero attached hydrogens (tertiary/aromatic N) is 4. The van der Waals surface area contributed by atoms with Gasteiger partial charge >= 0.3 is 5.97 Å². The summed E-state index contributed by atoms with van der Waals surface area (Å²) in [7, 11) is 0. The summed E-state index contributed by atoms with van der Waals surface area (Å²) < 4.78 is 17.4. The van der Waals surface area contributed by atoms with E-state index in [0.29, 0.717) is 45.8 Å². The summed E-state index contributed by atoms with van der Waals surface area (Å²) in [5, 5.41) is 9.02. The zero-order valence-corrected chi connectivity index (χ0v) is 20.4. The van der Waals surface area contributed by atoms with Crippen LogP contribution in [0.15, 0.2) is 60.3 Å². The molecular formula is C25H24N4O5S. The SMILES string of the molecule is C=CCSc1nnc2c(n1)O[C@H](c1ccc(OC(C)=O)c(OCC)c1)N(C(C)=O)c1ccccc1-2. The Kier molecular flexibility index (Phi) is 7.31. The number of esters is 1. The van der Waals surface area contributed by atoms with Gasteiger partial charge in [-0.3, -0.25) is 14.5 Å².